The molecule has 0 bridgehead atoms. The molecule has 2 aliphatic rings. The van der Waals surface area contributed by atoms with E-state index >= 15 is 0 Å². The quantitative estimate of drug-likeness (QED) is 0.620. The molecule has 6 heteroatoms. The van der Waals surface area contributed by atoms with E-state index in [-0.39, 0.29) is 11.9 Å². The van der Waals surface area contributed by atoms with Gasteiger partial charge in [0.2, 0.25) is 0 Å². The lowest BCUT2D eigenvalue weighted by molar-refractivity contribution is 0.0725. The molecule has 0 radical (unpaired) electrons. The summed E-state index contributed by atoms with van der Waals surface area (Å²) < 4.78 is 0. The van der Waals surface area contributed by atoms with E-state index in [1.807, 2.05) is 55.1 Å². The largest absolute Gasteiger partial charge is 0.371 e. The molecule has 2 aliphatic heterocycles. The molecule has 4 rings (SSSR count). The number of carbonyl (C=O) groups excluding carboxylic acids is 2. The van der Waals surface area contributed by atoms with Crippen molar-refractivity contribution in [2.45, 2.75) is 52.9 Å². The lowest BCUT2D eigenvalue weighted by atomic mass is 9.97. The van der Waals surface area contributed by atoms with Crippen molar-refractivity contribution in [1.82, 2.24) is 4.90 Å². The van der Waals surface area contributed by atoms with Crippen molar-refractivity contribution in [2.75, 3.05) is 41.7 Å². The maximum Gasteiger partial charge on any atom is 0.323 e. The molecule has 33 heavy (non-hydrogen) atoms. The Hall–Kier alpha value is -3.02. The van der Waals surface area contributed by atoms with Crippen LogP contribution in [0.25, 0.3) is 0 Å². The second-order valence-electron chi connectivity index (χ2n) is 9.58. The highest BCUT2D eigenvalue weighted by Crippen LogP contribution is 2.30. The van der Waals surface area contributed by atoms with E-state index in [2.05, 4.69) is 22.5 Å². The van der Waals surface area contributed by atoms with E-state index in [1.54, 1.807) is 0 Å². The van der Waals surface area contributed by atoms with Gasteiger partial charge in [-0.3, -0.25) is 4.79 Å². The third-order valence-electron chi connectivity index (χ3n) is 7.11. The van der Waals surface area contributed by atoms with Crippen molar-refractivity contribution in [1.29, 1.82) is 0 Å². The van der Waals surface area contributed by atoms with E-state index < -0.39 is 0 Å². The number of carbonyl (C=O) groups is 2. The van der Waals surface area contributed by atoms with Gasteiger partial charge in [0, 0.05) is 43.2 Å². The van der Waals surface area contributed by atoms with Gasteiger partial charge in [-0.05, 0) is 87.3 Å². The van der Waals surface area contributed by atoms with Gasteiger partial charge in [-0.25, -0.2) is 4.79 Å². The standard InChI is InChI=1S/C27H36N4O2/c1-19-12-16-30(17-13-19)25-11-10-22(18-23(25)26(32)31-14-5-4-6-15-31)28-27(33)29-24-9-7-8-20(2)21(24)3/h7-11,18-19H,4-6,12-17H2,1-3H3,(H2,28,29,33). The molecule has 0 aliphatic carbocycles. The number of nitrogens with zero attached hydrogens (tertiary/aromatic N) is 2. The Balaban J connectivity index is 1.56. The minimum Gasteiger partial charge on any atom is -0.371 e. The normalized spacial score (nSPS) is 17.1. The second-order valence-corrected chi connectivity index (χ2v) is 9.58. The van der Waals surface area contributed by atoms with Gasteiger partial charge >= 0.3 is 6.03 Å². The van der Waals surface area contributed by atoms with Crippen LogP contribution < -0.4 is 15.5 Å². The van der Waals surface area contributed by atoms with Crippen LogP contribution in [0.1, 0.15) is 60.5 Å². The lowest BCUT2D eigenvalue weighted by Crippen LogP contribution is -2.38. The number of hydrogen-bond donors (Lipinski definition) is 2. The Morgan fingerprint density at radius 1 is 0.909 bits per heavy atom. The van der Waals surface area contributed by atoms with Gasteiger partial charge in [0.15, 0.2) is 0 Å². The van der Waals surface area contributed by atoms with Crippen LogP contribution in [0.15, 0.2) is 36.4 Å². The van der Waals surface area contributed by atoms with Gasteiger partial charge in [0.25, 0.3) is 5.91 Å². The van der Waals surface area contributed by atoms with Crippen LogP contribution in [0.3, 0.4) is 0 Å². The maximum atomic E-state index is 13.5. The summed E-state index contributed by atoms with van der Waals surface area (Å²) in [5.41, 5.74) is 5.27. The Morgan fingerprint density at radius 3 is 2.36 bits per heavy atom. The number of piperidine rings is 2. The van der Waals surface area contributed by atoms with Crippen molar-refractivity contribution >= 4 is 29.0 Å². The summed E-state index contributed by atoms with van der Waals surface area (Å²) in [6.07, 6.45) is 5.56. The molecule has 6 nitrogen and oxygen atoms in total. The number of urea groups is 1. The number of amides is 3. The molecular formula is C27H36N4O2. The molecule has 2 fully saturated rings. The van der Waals surface area contributed by atoms with Gasteiger partial charge in [0.05, 0.1) is 5.56 Å². The van der Waals surface area contributed by atoms with Crippen LogP contribution in [-0.4, -0.2) is 43.0 Å². The number of anilines is 3. The van der Waals surface area contributed by atoms with Crippen molar-refractivity contribution in [3.05, 3.63) is 53.1 Å². The van der Waals surface area contributed by atoms with Gasteiger partial charge in [0.1, 0.15) is 0 Å². The first-order valence-electron chi connectivity index (χ1n) is 12.2. The lowest BCUT2D eigenvalue weighted by Gasteiger charge is -2.35. The third kappa shape index (κ3) is 5.49. The fraction of sp³-hybridized carbons (Fsp3) is 0.481. The van der Waals surface area contributed by atoms with Crippen molar-refractivity contribution in [3.63, 3.8) is 0 Å². The number of benzene rings is 2. The van der Waals surface area contributed by atoms with Crippen LogP contribution in [-0.2, 0) is 0 Å². The third-order valence-corrected chi connectivity index (χ3v) is 7.11. The average Bonchev–Trinajstić information content (AvgIpc) is 2.83. The summed E-state index contributed by atoms with van der Waals surface area (Å²) in [6.45, 7) is 9.84. The Labute approximate surface area is 197 Å². The Bertz CT molecular complexity index is 1010. The predicted molar refractivity (Wildman–Crippen MR) is 135 cm³/mol. The highest BCUT2D eigenvalue weighted by Gasteiger charge is 2.25. The number of likely N-dealkylation sites (tertiary alicyclic amines) is 1. The van der Waals surface area contributed by atoms with Crippen LogP contribution in [0.4, 0.5) is 21.9 Å². The number of rotatable bonds is 4. The molecule has 0 saturated carbocycles. The SMILES string of the molecule is Cc1cccc(NC(=O)Nc2ccc(N3CCC(C)CC3)c(C(=O)N3CCCCC3)c2)c1C. The number of nitrogens with one attached hydrogen (secondary N) is 2. The van der Waals surface area contributed by atoms with Crippen molar-refractivity contribution in [2.24, 2.45) is 5.92 Å². The van der Waals surface area contributed by atoms with Gasteiger partial charge in [-0.1, -0.05) is 19.1 Å². The number of hydrogen-bond acceptors (Lipinski definition) is 3. The molecule has 3 amide bonds. The van der Waals surface area contributed by atoms with Crippen molar-refractivity contribution < 1.29 is 9.59 Å². The van der Waals surface area contributed by atoms with Gasteiger partial charge in [-0.2, -0.15) is 0 Å². The fourth-order valence-electron chi connectivity index (χ4n) is 4.75. The Morgan fingerprint density at radius 2 is 1.64 bits per heavy atom. The van der Waals surface area contributed by atoms with E-state index in [9.17, 15) is 9.59 Å². The summed E-state index contributed by atoms with van der Waals surface area (Å²) in [4.78, 5) is 30.5. The molecule has 0 atom stereocenters. The zero-order valence-electron chi connectivity index (χ0n) is 20.1. The number of aryl methyl sites for hydroxylation is 1. The molecule has 2 saturated heterocycles. The van der Waals surface area contributed by atoms with Crippen LogP contribution in [0.2, 0.25) is 0 Å². The summed E-state index contributed by atoms with van der Waals surface area (Å²) >= 11 is 0. The summed E-state index contributed by atoms with van der Waals surface area (Å²) in [6, 6.07) is 11.3. The Kier molecular flexibility index (Phi) is 7.21. The van der Waals surface area contributed by atoms with Crippen LogP contribution >= 0.6 is 0 Å². The molecule has 2 aromatic carbocycles. The van der Waals surface area contributed by atoms with Crippen LogP contribution in [0.5, 0.6) is 0 Å². The molecule has 0 unspecified atom stereocenters. The highest BCUT2D eigenvalue weighted by molar-refractivity contribution is 6.04. The first-order valence-corrected chi connectivity index (χ1v) is 12.2. The zero-order valence-corrected chi connectivity index (χ0v) is 20.1. The van der Waals surface area contributed by atoms with Gasteiger partial charge < -0.3 is 20.4 Å². The molecule has 2 aromatic rings. The fourth-order valence-corrected chi connectivity index (χ4v) is 4.75. The molecule has 2 N–H and O–H groups in total. The topological polar surface area (TPSA) is 64.7 Å². The molecule has 0 spiro atoms. The van der Waals surface area contributed by atoms with Gasteiger partial charge in [-0.15, -0.1) is 0 Å². The molecule has 176 valence electrons. The summed E-state index contributed by atoms with van der Waals surface area (Å²) in [5, 5.41) is 5.87. The van der Waals surface area contributed by atoms with E-state index in [0.29, 0.717) is 11.3 Å². The second kappa shape index (κ2) is 10.3. The smallest absolute Gasteiger partial charge is 0.323 e. The molecular weight excluding hydrogens is 412 g/mol. The van der Waals surface area contributed by atoms with E-state index in [0.717, 1.165) is 80.3 Å². The minimum absolute atomic E-state index is 0.0712. The average molecular weight is 449 g/mol. The first kappa shape index (κ1) is 23.1. The summed E-state index contributed by atoms with van der Waals surface area (Å²) in [5.74, 6) is 0.791. The van der Waals surface area contributed by atoms with E-state index in [1.165, 1.54) is 6.42 Å². The molecule has 0 aromatic heterocycles. The predicted octanol–water partition coefficient (Wildman–Crippen LogP) is 5.81. The zero-order chi connectivity index (χ0) is 23.4. The van der Waals surface area contributed by atoms with E-state index in [4.69, 9.17) is 0 Å². The first-order chi connectivity index (χ1) is 15.9. The molecule has 2 heterocycles. The van der Waals surface area contributed by atoms with Crippen molar-refractivity contribution in [3.8, 4) is 0 Å². The maximum absolute atomic E-state index is 13.5. The minimum atomic E-state index is -0.306. The summed E-state index contributed by atoms with van der Waals surface area (Å²) in [7, 11) is 0. The van der Waals surface area contributed by atoms with Crippen LogP contribution in [0, 0.1) is 19.8 Å². The monoisotopic (exact) mass is 448 g/mol. The highest BCUT2D eigenvalue weighted by atomic mass is 16.2.